The van der Waals surface area contributed by atoms with Gasteiger partial charge in [-0.3, -0.25) is 4.79 Å². The number of nitrogens with zero attached hydrogens (tertiary/aromatic N) is 3. The number of thiazole rings is 1. The van der Waals surface area contributed by atoms with Crippen molar-refractivity contribution in [3.05, 3.63) is 46.8 Å². The summed E-state index contributed by atoms with van der Waals surface area (Å²) < 4.78 is 56.5. The summed E-state index contributed by atoms with van der Waals surface area (Å²) in [5.74, 6) is 0.629. The molecule has 0 spiro atoms. The lowest BCUT2D eigenvalue weighted by atomic mass is 10.2. The molecule has 3 rings (SSSR count). The van der Waals surface area contributed by atoms with E-state index in [2.05, 4.69) is 4.99 Å². The number of methoxy groups -OCH3 is 5. The van der Waals surface area contributed by atoms with Crippen LogP contribution in [0.4, 0.5) is 0 Å². The van der Waals surface area contributed by atoms with Crippen molar-refractivity contribution in [2.45, 2.75) is 11.4 Å². The van der Waals surface area contributed by atoms with Crippen LogP contribution >= 0.6 is 11.3 Å². The van der Waals surface area contributed by atoms with Gasteiger partial charge >= 0.3 is 0 Å². The molecule has 0 saturated heterocycles. The predicted molar refractivity (Wildman–Crippen MR) is 144 cm³/mol. The highest BCUT2D eigenvalue weighted by molar-refractivity contribution is 7.89. The lowest BCUT2D eigenvalue weighted by Gasteiger charge is -2.21. The third kappa shape index (κ3) is 6.79. The second kappa shape index (κ2) is 13.8. The quantitative estimate of drug-likeness (QED) is 0.292. The van der Waals surface area contributed by atoms with Gasteiger partial charge in [0.2, 0.25) is 10.0 Å². The molecule has 0 saturated carbocycles. The van der Waals surface area contributed by atoms with E-state index in [1.54, 1.807) is 21.3 Å². The molecule has 0 aliphatic heterocycles. The molecular weight excluding hydrogens is 534 g/mol. The molecule has 3 aromatic rings. The third-order valence-corrected chi connectivity index (χ3v) is 8.69. The van der Waals surface area contributed by atoms with Gasteiger partial charge in [-0.05, 0) is 24.3 Å². The zero-order valence-electron chi connectivity index (χ0n) is 22.1. The first kappa shape index (κ1) is 29.7. The number of aromatic nitrogens is 1. The van der Waals surface area contributed by atoms with Crippen molar-refractivity contribution in [2.75, 3.05) is 68.5 Å². The maximum atomic E-state index is 13.1. The molecular formula is C25H33N3O8S2. The minimum Gasteiger partial charge on any atom is -0.493 e. The van der Waals surface area contributed by atoms with E-state index >= 15 is 0 Å². The van der Waals surface area contributed by atoms with Gasteiger partial charge in [0.25, 0.3) is 5.91 Å². The second-order valence-electron chi connectivity index (χ2n) is 8.04. The van der Waals surface area contributed by atoms with Crippen LogP contribution in [0.1, 0.15) is 10.4 Å². The molecule has 38 heavy (non-hydrogen) atoms. The van der Waals surface area contributed by atoms with Crippen molar-refractivity contribution in [1.29, 1.82) is 0 Å². The topological polar surface area (TPSA) is 118 Å². The van der Waals surface area contributed by atoms with E-state index in [0.29, 0.717) is 29.5 Å². The van der Waals surface area contributed by atoms with E-state index in [9.17, 15) is 13.2 Å². The van der Waals surface area contributed by atoms with Gasteiger partial charge in [-0.1, -0.05) is 11.3 Å². The van der Waals surface area contributed by atoms with E-state index in [1.165, 1.54) is 54.1 Å². The Kier molecular flexibility index (Phi) is 10.8. The minimum absolute atomic E-state index is 0.0671. The molecule has 13 heteroatoms. The number of sulfonamides is 1. The van der Waals surface area contributed by atoms with E-state index < -0.39 is 15.9 Å². The Morgan fingerprint density at radius 1 is 0.895 bits per heavy atom. The van der Waals surface area contributed by atoms with Crippen LogP contribution in [-0.4, -0.2) is 91.7 Å². The normalized spacial score (nSPS) is 12.4. The number of fused-ring (bicyclic) bond motifs is 1. The molecule has 2 aromatic carbocycles. The zero-order chi connectivity index (χ0) is 27.7. The van der Waals surface area contributed by atoms with E-state index in [4.69, 9.17) is 23.7 Å². The highest BCUT2D eigenvalue weighted by Gasteiger charge is 2.24. The Hall–Kier alpha value is -2.81. The Labute approximate surface area is 226 Å². The maximum Gasteiger partial charge on any atom is 0.279 e. The SMILES string of the molecule is COCCN(CCOC)S(=O)(=O)c1ccc(C(=O)N=c2sc3cc(OC)c(OC)cc3n2CCOC)cc1. The molecule has 0 radical (unpaired) electrons. The number of carbonyl (C=O) groups excluding carboxylic acids is 1. The minimum atomic E-state index is -3.80. The number of amides is 1. The molecule has 1 heterocycles. The first-order valence-electron chi connectivity index (χ1n) is 11.7. The molecule has 0 unspecified atom stereocenters. The highest BCUT2D eigenvalue weighted by atomic mass is 32.2. The molecule has 1 amide bonds. The summed E-state index contributed by atoms with van der Waals surface area (Å²) in [7, 11) is 3.93. The number of hydrogen-bond donors (Lipinski definition) is 0. The van der Waals surface area contributed by atoms with Crippen molar-refractivity contribution in [1.82, 2.24) is 8.87 Å². The third-order valence-electron chi connectivity index (χ3n) is 5.73. The molecule has 0 bridgehead atoms. The highest BCUT2D eigenvalue weighted by Crippen LogP contribution is 2.33. The molecule has 0 atom stereocenters. The molecule has 0 fully saturated rings. The summed E-state index contributed by atoms with van der Waals surface area (Å²) in [6.07, 6.45) is 0. The predicted octanol–water partition coefficient (Wildman–Crippen LogP) is 2.39. The van der Waals surface area contributed by atoms with Crippen molar-refractivity contribution in [3.8, 4) is 11.5 Å². The van der Waals surface area contributed by atoms with Gasteiger partial charge < -0.3 is 28.3 Å². The molecule has 0 aliphatic rings. The Balaban J connectivity index is 1.96. The lowest BCUT2D eigenvalue weighted by molar-refractivity contribution is 0.0997. The summed E-state index contributed by atoms with van der Waals surface area (Å²) in [6.45, 7) is 1.73. The van der Waals surface area contributed by atoms with Crippen molar-refractivity contribution in [3.63, 3.8) is 0 Å². The standard InChI is InChI=1S/C25H33N3O8S2/c1-32-13-10-27(11-14-33-2)38(30,31)19-8-6-18(7-9-19)24(29)26-25-28(12-15-34-3)20-16-21(35-4)22(36-5)17-23(20)37-25/h6-9,16-17H,10-15H2,1-5H3. The van der Waals surface area contributed by atoms with Crippen LogP contribution in [0.25, 0.3) is 10.2 Å². The van der Waals surface area contributed by atoms with E-state index in [0.717, 1.165) is 10.2 Å². The van der Waals surface area contributed by atoms with Gasteiger partial charge in [0.05, 0.1) is 49.2 Å². The van der Waals surface area contributed by atoms with Gasteiger partial charge in [-0.25, -0.2) is 8.42 Å². The van der Waals surface area contributed by atoms with Crippen LogP contribution in [-0.2, 0) is 30.8 Å². The first-order valence-corrected chi connectivity index (χ1v) is 14.0. The van der Waals surface area contributed by atoms with E-state index in [1.807, 2.05) is 16.7 Å². The molecule has 1 aromatic heterocycles. The number of hydrogen-bond acceptors (Lipinski definition) is 9. The summed E-state index contributed by atoms with van der Waals surface area (Å²) >= 11 is 1.33. The largest absolute Gasteiger partial charge is 0.493 e. The van der Waals surface area contributed by atoms with Crippen LogP contribution < -0.4 is 14.3 Å². The lowest BCUT2D eigenvalue weighted by Crippen LogP contribution is -2.36. The average Bonchev–Trinajstić information content (AvgIpc) is 3.26. The fourth-order valence-electron chi connectivity index (χ4n) is 3.69. The van der Waals surface area contributed by atoms with Gasteiger partial charge in [0.1, 0.15) is 0 Å². The Morgan fingerprint density at radius 2 is 1.47 bits per heavy atom. The zero-order valence-corrected chi connectivity index (χ0v) is 23.8. The number of ether oxygens (including phenoxy) is 5. The van der Waals surface area contributed by atoms with Crippen LogP contribution in [0, 0.1) is 0 Å². The van der Waals surface area contributed by atoms with Gasteiger partial charge in [0.15, 0.2) is 16.3 Å². The number of carbonyl (C=O) groups is 1. The summed E-state index contributed by atoms with van der Waals surface area (Å²) in [4.78, 5) is 18.0. The monoisotopic (exact) mass is 567 g/mol. The van der Waals surface area contributed by atoms with Crippen LogP contribution in [0.3, 0.4) is 0 Å². The molecule has 0 N–H and O–H groups in total. The summed E-state index contributed by atoms with van der Waals surface area (Å²) in [5.41, 5.74) is 1.08. The smallest absolute Gasteiger partial charge is 0.279 e. The Bertz CT molecular complexity index is 1390. The molecule has 0 aliphatic carbocycles. The molecule has 11 nitrogen and oxygen atoms in total. The second-order valence-corrected chi connectivity index (χ2v) is 11.0. The fraction of sp³-hybridized carbons (Fsp3) is 0.440. The fourth-order valence-corrected chi connectivity index (χ4v) is 6.16. The maximum absolute atomic E-state index is 13.1. The number of rotatable bonds is 14. The average molecular weight is 568 g/mol. The Morgan fingerprint density at radius 3 is 2.03 bits per heavy atom. The van der Waals surface area contributed by atoms with Crippen LogP contribution in [0.5, 0.6) is 11.5 Å². The summed E-state index contributed by atoms with van der Waals surface area (Å²) in [6, 6.07) is 9.41. The van der Waals surface area contributed by atoms with Gasteiger partial charge in [0, 0.05) is 58.7 Å². The van der Waals surface area contributed by atoms with Crippen molar-refractivity contribution < 1.29 is 36.9 Å². The molecule has 208 valence electrons. The van der Waals surface area contributed by atoms with Gasteiger partial charge in [-0.2, -0.15) is 9.30 Å². The van der Waals surface area contributed by atoms with Crippen LogP contribution in [0.15, 0.2) is 46.3 Å². The summed E-state index contributed by atoms with van der Waals surface area (Å²) in [5, 5.41) is 0. The first-order chi connectivity index (χ1) is 18.3. The van der Waals surface area contributed by atoms with Crippen molar-refractivity contribution >= 4 is 37.5 Å². The number of benzene rings is 2. The van der Waals surface area contributed by atoms with Gasteiger partial charge in [-0.15, -0.1) is 0 Å². The van der Waals surface area contributed by atoms with Crippen molar-refractivity contribution in [2.24, 2.45) is 4.99 Å². The van der Waals surface area contributed by atoms with Crippen LogP contribution in [0.2, 0.25) is 0 Å². The van der Waals surface area contributed by atoms with E-state index in [-0.39, 0.29) is 36.8 Å².